The van der Waals surface area contributed by atoms with Crippen LogP contribution in [0.25, 0.3) is 0 Å². The van der Waals surface area contributed by atoms with Crippen molar-refractivity contribution in [2.24, 2.45) is 10.1 Å². The Labute approximate surface area is 173 Å². The summed E-state index contributed by atoms with van der Waals surface area (Å²) in [5.41, 5.74) is 3.26. The Bertz CT molecular complexity index is 1170. The molecule has 0 bridgehead atoms. The van der Waals surface area contributed by atoms with E-state index < -0.39 is 5.66 Å². The average Bonchev–Trinajstić information content (AvgIpc) is 2.99. The fraction of sp³-hybridized carbons (Fsp3) is 0.0870. The van der Waals surface area contributed by atoms with Crippen LogP contribution in [0.5, 0.6) is 0 Å². The van der Waals surface area contributed by atoms with Crippen LogP contribution in [0.2, 0.25) is 5.02 Å². The smallest absolute Gasteiger partial charge is 0.302 e. The van der Waals surface area contributed by atoms with Crippen LogP contribution < -0.4 is 10.3 Å². The van der Waals surface area contributed by atoms with Gasteiger partial charge in [-0.3, -0.25) is 4.79 Å². The summed E-state index contributed by atoms with van der Waals surface area (Å²) in [5, 5.41) is 9.89. The van der Waals surface area contributed by atoms with Gasteiger partial charge >= 0.3 is 5.91 Å². The van der Waals surface area contributed by atoms with Crippen LogP contribution in [-0.4, -0.2) is 23.0 Å². The van der Waals surface area contributed by atoms with E-state index in [1.54, 1.807) is 6.07 Å². The second-order valence-corrected chi connectivity index (χ2v) is 7.43. The Balaban J connectivity index is 1.69. The zero-order valence-electron chi connectivity index (χ0n) is 15.6. The second-order valence-electron chi connectivity index (χ2n) is 6.99. The number of para-hydroxylation sites is 1. The molecule has 5 rings (SSSR count). The largest absolute Gasteiger partial charge is 0.348 e. The molecular formula is C23H17ClN4O. The summed E-state index contributed by atoms with van der Waals surface area (Å²) in [4.78, 5) is 18.5. The van der Waals surface area contributed by atoms with Crippen LogP contribution in [0.3, 0.4) is 0 Å². The molecule has 0 radical (unpaired) electrons. The highest BCUT2D eigenvalue weighted by Gasteiger charge is 2.52. The SMILES string of the molecule is CC1=NN(c2ccccc2)C(=O)C12N=C(c1ccccc1)c1cc(Cl)ccc1N2. The topological polar surface area (TPSA) is 57.1 Å². The van der Waals surface area contributed by atoms with Gasteiger partial charge in [0.25, 0.3) is 5.66 Å². The van der Waals surface area contributed by atoms with Crippen LogP contribution in [0, 0.1) is 0 Å². The van der Waals surface area contributed by atoms with Crippen molar-refractivity contribution >= 4 is 40.3 Å². The minimum atomic E-state index is -1.29. The van der Waals surface area contributed by atoms with Crippen molar-refractivity contribution in [3.05, 3.63) is 95.0 Å². The number of nitrogens with zero attached hydrogens (tertiary/aromatic N) is 3. The summed E-state index contributed by atoms with van der Waals surface area (Å²) < 4.78 is 0. The van der Waals surface area contributed by atoms with Gasteiger partial charge in [-0.05, 0) is 37.3 Å². The maximum absolute atomic E-state index is 13.6. The van der Waals surface area contributed by atoms with Gasteiger partial charge in [-0.25, -0.2) is 4.99 Å². The summed E-state index contributed by atoms with van der Waals surface area (Å²) in [6.07, 6.45) is 0. The first-order valence-electron chi connectivity index (χ1n) is 9.27. The zero-order chi connectivity index (χ0) is 20.0. The fourth-order valence-corrected chi connectivity index (χ4v) is 3.85. The van der Waals surface area contributed by atoms with Crippen molar-refractivity contribution in [1.29, 1.82) is 0 Å². The summed E-state index contributed by atoms with van der Waals surface area (Å²) >= 11 is 6.26. The molecule has 1 unspecified atom stereocenters. The third-order valence-electron chi connectivity index (χ3n) is 5.16. The van der Waals surface area contributed by atoms with Gasteiger partial charge in [0.2, 0.25) is 0 Å². The number of fused-ring (bicyclic) bond motifs is 1. The van der Waals surface area contributed by atoms with Crippen molar-refractivity contribution in [1.82, 2.24) is 0 Å². The maximum Gasteiger partial charge on any atom is 0.302 e. The molecule has 2 aliphatic heterocycles. The molecule has 1 amide bonds. The Morgan fingerprint density at radius 1 is 0.966 bits per heavy atom. The number of rotatable bonds is 2. The minimum Gasteiger partial charge on any atom is -0.348 e. The van der Waals surface area contributed by atoms with E-state index in [0.29, 0.717) is 22.1 Å². The van der Waals surface area contributed by atoms with E-state index in [9.17, 15) is 4.79 Å². The van der Waals surface area contributed by atoms with E-state index in [0.717, 1.165) is 16.8 Å². The molecule has 0 aromatic heterocycles. The molecule has 0 aliphatic carbocycles. The minimum absolute atomic E-state index is 0.241. The maximum atomic E-state index is 13.6. The molecule has 1 N–H and O–H groups in total. The standard InChI is InChI=1S/C23H17ClN4O/c1-15-23(22(29)28(27-15)18-10-6-3-7-11-18)25-20-13-12-17(24)14-19(20)21(26-23)16-8-4-2-5-9-16/h2-14,25H,1H3. The van der Waals surface area contributed by atoms with Gasteiger partial charge in [0.1, 0.15) is 0 Å². The normalized spacial score (nSPS) is 20.2. The predicted octanol–water partition coefficient (Wildman–Crippen LogP) is 4.72. The molecule has 0 saturated heterocycles. The fourth-order valence-electron chi connectivity index (χ4n) is 3.68. The summed E-state index contributed by atoms with van der Waals surface area (Å²) in [6, 6.07) is 24.7. The number of anilines is 2. The van der Waals surface area contributed by atoms with Crippen LogP contribution >= 0.6 is 11.6 Å². The van der Waals surface area contributed by atoms with E-state index >= 15 is 0 Å². The predicted molar refractivity (Wildman–Crippen MR) is 117 cm³/mol. The van der Waals surface area contributed by atoms with Gasteiger partial charge in [0, 0.05) is 21.8 Å². The Kier molecular flexibility index (Phi) is 4.00. The van der Waals surface area contributed by atoms with E-state index in [1.807, 2.05) is 79.7 Å². The first-order chi connectivity index (χ1) is 14.1. The number of halogens is 1. The number of amides is 1. The number of nitrogens with one attached hydrogen (secondary N) is 1. The van der Waals surface area contributed by atoms with Crippen LogP contribution in [0.1, 0.15) is 18.1 Å². The lowest BCUT2D eigenvalue weighted by Gasteiger charge is -2.33. The lowest BCUT2D eigenvalue weighted by molar-refractivity contribution is -0.120. The number of benzene rings is 3. The average molecular weight is 401 g/mol. The van der Waals surface area contributed by atoms with Crippen molar-refractivity contribution in [3.63, 3.8) is 0 Å². The Morgan fingerprint density at radius 3 is 2.38 bits per heavy atom. The monoisotopic (exact) mass is 400 g/mol. The van der Waals surface area contributed by atoms with Crippen LogP contribution in [0.4, 0.5) is 11.4 Å². The van der Waals surface area contributed by atoms with Crippen molar-refractivity contribution in [2.75, 3.05) is 10.3 Å². The Morgan fingerprint density at radius 2 is 1.66 bits per heavy atom. The molecule has 2 aliphatic rings. The molecule has 0 saturated carbocycles. The highest BCUT2D eigenvalue weighted by Crippen LogP contribution is 2.37. The molecule has 3 aromatic rings. The van der Waals surface area contributed by atoms with Crippen molar-refractivity contribution in [3.8, 4) is 0 Å². The van der Waals surface area contributed by atoms with Crippen LogP contribution in [-0.2, 0) is 4.79 Å². The molecule has 142 valence electrons. The lowest BCUT2D eigenvalue weighted by atomic mass is 9.93. The van der Waals surface area contributed by atoms with Gasteiger partial charge in [0.15, 0.2) is 0 Å². The first-order valence-corrected chi connectivity index (χ1v) is 9.65. The molecule has 1 atom stereocenters. The van der Waals surface area contributed by atoms with E-state index in [1.165, 1.54) is 5.01 Å². The quantitative estimate of drug-likeness (QED) is 0.676. The van der Waals surface area contributed by atoms with Gasteiger partial charge in [-0.1, -0.05) is 60.1 Å². The molecule has 0 fully saturated rings. The molecule has 3 aromatic carbocycles. The van der Waals surface area contributed by atoms with E-state index in [-0.39, 0.29) is 5.91 Å². The van der Waals surface area contributed by atoms with Crippen molar-refractivity contribution in [2.45, 2.75) is 12.6 Å². The number of hydrazone groups is 1. The number of carbonyl (C=O) groups excluding carboxylic acids is 1. The number of carbonyl (C=O) groups is 1. The summed E-state index contributed by atoms with van der Waals surface area (Å²) in [5.74, 6) is -0.241. The Hall–Kier alpha value is -3.44. The summed E-state index contributed by atoms with van der Waals surface area (Å²) in [7, 11) is 0. The zero-order valence-corrected chi connectivity index (χ0v) is 16.4. The summed E-state index contributed by atoms with van der Waals surface area (Å²) in [6.45, 7) is 1.82. The first kappa shape index (κ1) is 17.6. The molecular weight excluding hydrogens is 384 g/mol. The highest BCUT2D eigenvalue weighted by molar-refractivity contribution is 6.33. The van der Waals surface area contributed by atoms with Gasteiger partial charge in [-0.2, -0.15) is 10.1 Å². The number of aliphatic imine (C=N–C) groups is 1. The molecule has 1 spiro atoms. The lowest BCUT2D eigenvalue weighted by Crippen LogP contribution is -2.53. The highest BCUT2D eigenvalue weighted by atomic mass is 35.5. The third-order valence-corrected chi connectivity index (χ3v) is 5.39. The van der Waals surface area contributed by atoms with Gasteiger partial charge in [0.05, 0.1) is 17.1 Å². The van der Waals surface area contributed by atoms with Crippen LogP contribution in [0.15, 0.2) is 89.0 Å². The van der Waals surface area contributed by atoms with E-state index in [4.69, 9.17) is 16.6 Å². The molecule has 2 heterocycles. The second kappa shape index (κ2) is 6.57. The van der Waals surface area contributed by atoms with Crippen molar-refractivity contribution < 1.29 is 4.79 Å². The number of hydrogen-bond donors (Lipinski definition) is 1. The van der Waals surface area contributed by atoms with Gasteiger partial charge in [-0.15, -0.1) is 0 Å². The molecule has 5 nitrogen and oxygen atoms in total. The molecule has 29 heavy (non-hydrogen) atoms. The molecule has 6 heteroatoms. The number of hydrogen-bond acceptors (Lipinski definition) is 4. The van der Waals surface area contributed by atoms with E-state index in [2.05, 4.69) is 10.4 Å². The third kappa shape index (κ3) is 2.74. The van der Waals surface area contributed by atoms with Gasteiger partial charge < -0.3 is 5.32 Å².